The molecule has 0 bridgehead atoms. The number of esters is 1. The first-order chi connectivity index (χ1) is 9.63. The molecule has 108 valence electrons. The van der Waals surface area contributed by atoms with Crippen LogP contribution in [0, 0.1) is 10.1 Å². The number of nitro benzene ring substituents is 1. The van der Waals surface area contributed by atoms with Gasteiger partial charge >= 0.3 is 5.97 Å². The molecule has 1 saturated heterocycles. The second-order valence-corrected chi connectivity index (χ2v) is 4.54. The maximum absolute atomic E-state index is 11.6. The number of nitrogens with zero attached hydrogens (tertiary/aromatic N) is 2. The van der Waals surface area contributed by atoms with Gasteiger partial charge in [0.1, 0.15) is 5.69 Å². The zero-order valence-corrected chi connectivity index (χ0v) is 11.3. The average molecular weight is 279 g/mol. The van der Waals surface area contributed by atoms with Crippen LogP contribution in [0.3, 0.4) is 0 Å². The highest BCUT2D eigenvalue weighted by molar-refractivity contribution is 5.91. The van der Waals surface area contributed by atoms with E-state index in [2.05, 4.69) is 10.1 Å². The van der Waals surface area contributed by atoms with Crippen molar-refractivity contribution in [2.75, 3.05) is 38.2 Å². The van der Waals surface area contributed by atoms with E-state index in [0.717, 1.165) is 26.1 Å². The lowest BCUT2D eigenvalue weighted by Gasteiger charge is -2.22. The van der Waals surface area contributed by atoms with Crippen LogP contribution >= 0.6 is 0 Å². The van der Waals surface area contributed by atoms with Crippen LogP contribution in [0.4, 0.5) is 11.4 Å². The lowest BCUT2D eigenvalue weighted by Crippen LogP contribution is -2.28. The number of ether oxygens (including phenoxy) is 1. The number of nitrogens with one attached hydrogen (secondary N) is 1. The van der Waals surface area contributed by atoms with Crippen LogP contribution < -0.4 is 10.2 Å². The van der Waals surface area contributed by atoms with Crippen LogP contribution in [0.25, 0.3) is 0 Å². The molecule has 1 aromatic carbocycles. The Balaban J connectivity index is 2.40. The van der Waals surface area contributed by atoms with Gasteiger partial charge < -0.3 is 15.0 Å². The van der Waals surface area contributed by atoms with Crippen LogP contribution in [0.1, 0.15) is 16.8 Å². The van der Waals surface area contributed by atoms with Gasteiger partial charge in [-0.05, 0) is 25.1 Å². The number of carbonyl (C=O) groups excluding carboxylic acids is 1. The van der Waals surface area contributed by atoms with E-state index in [0.29, 0.717) is 17.8 Å². The van der Waals surface area contributed by atoms with Crippen molar-refractivity contribution in [3.05, 3.63) is 33.9 Å². The first-order valence-corrected chi connectivity index (χ1v) is 6.46. The molecule has 20 heavy (non-hydrogen) atoms. The molecule has 1 aromatic rings. The third-order valence-electron chi connectivity index (χ3n) is 3.27. The maximum Gasteiger partial charge on any atom is 0.337 e. The normalized spacial score (nSPS) is 15.6. The van der Waals surface area contributed by atoms with Gasteiger partial charge in [-0.1, -0.05) is 0 Å². The third kappa shape index (κ3) is 3.05. The van der Waals surface area contributed by atoms with E-state index < -0.39 is 10.9 Å². The fraction of sp³-hybridized carbons (Fsp3) is 0.462. The second-order valence-electron chi connectivity index (χ2n) is 4.54. The molecule has 1 aliphatic heterocycles. The number of carbonyl (C=O) groups is 1. The maximum atomic E-state index is 11.6. The summed E-state index contributed by atoms with van der Waals surface area (Å²) in [4.78, 5) is 24.2. The van der Waals surface area contributed by atoms with Crippen molar-refractivity contribution in [3.8, 4) is 0 Å². The SMILES string of the molecule is COC(=O)c1ccc([N+](=O)[O-])c(N2CCCNCC2)c1. The number of anilines is 1. The van der Waals surface area contributed by atoms with Gasteiger partial charge in [0.25, 0.3) is 5.69 Å². The fourth-order valence-corrected chi connectivity index (χ4v) is 2.26. The van der Waals surface area contributed by atoms with Gasteiger partial charge in [-0.15, -0.1) is 0 Å². The third-order valence-corrected chi connectivity index (χ3v) is 3.27. The number of methoxy groups -OCH3 is 1. The van der Waals surface area contributed by atoms with Gasteiger partial charge in [0.15, 0.2) is 0 Å². The van der Waals surface area contributed by atoms with Crippen LogP contribution in [0.2, 0.25) is 0 Å². The summed E-state index contributed by atoms with van der Waals surface area (Å²) in [5, 5.41) is 14.4. The highest BCUT2D eigenvalue weighted by Crippen LogP contribution is 2.30. The summed E-state index contributed by atoms with van der Waals surface area (Å²) < 4.78 is 4.66. The summed E-state index contributed by atoms with van der Waals surface area (Å²) in [6.07, 6.45) is 0.902. The highest BCUT2D eigenvalue weighted by atomic mass is 16.6. The van der Waals surface area contributed by atoms with Crippen molar-refractivity contribution in [2.24, 2.45) is 0 Å². The molecule has 2 rings (SSSR count). The van der Waals surface area contributed by atoms with Crippen LogP contribution in [-0.2, 0) is 4.74 Å². The Morgan fingerprint density at radius 2 is 2.20 bits per heavy atom. The Labute approximate surface area is 116 Å². The first kappa shape index (κ1) is 14.3. The molecule has 1 fully saturated rings. The van der Waals surface area contributed by atoms with Crippen molar-refractivity contribution in [2.45, 2.75) is 6.42 Å². The molecule has 7 heteroatoms. The van der Waals surface area contributed by atoms with Crippen molar-refractivity contribution < 1.29 is 14.5 Å². The van der Waals surface area contributed by atoms with Gasteiger partial charge in [0, 0.05) is 25.7 Å². The summed E-state index contributed by atoms with van der Waals surface area (Å²) in [5.74, 6) is -0.492. The van der Waals surface area contributed by atoms with Crippen LogP contribution in [0.15, 0.2) is 18.2 Å². The predicted molar refractivity (Wildman–Crippen MR) is 74.1 cm³/mol. The second kappa shape index (κ2) is 6.33. The van der Waals surface area contributed by atoms with E-state index >= 15 is 0 Å². The standard InChI is InChI=1S/C13H17N3O4/c1-20-13(17)10-3-4-11(16(18)19)12(9-10)15-7-2-5-14-6-8-15/h3-4,9,14H,2,5-8H2,1H3. The minimum atomic E-state index is -0.492. The van der Waals surface area contributed by atoms with Crippen molar-refractivity contribution in [1.29, 1.82) is 0 Å². The van der Waals surface area contributed by atoms with Gasteiger partial charge in [-0.3, -0.25) is 10.1 Å². The van der Waals surface area contributed by atoms with E-state index in [1.807, 2.05) is 4.90 Å². The molecule has 1 N–H and O–H groups in total. The summed E-state index contributed by atoms with van der Waals surface area (Å²) in [5.41, 5.74) is 0.812. The lowest BCUT2D eigenvalue weighted by molar-refractivity contribution is -0.384. The Bertz CT molecular complexity index is 510. The topological polar surface area (TPSA) is 84.7 Å². The monoisotopic (exact) mass is 279 g/mol. The van der Waals surface area contributed by atoms with E-state index in [4.69, 9.17) is 0 Å². The zero-order chi connectivity index (χ0) is 14.5. The number of hydrogen-bond donors (Lipinski definition) is 1. The molecule has 0 amide bonds. The molecular formula is C13H17N3O4. The molecular weight excluding hydrogens is 262 g/mol. The molecule has 1 aliphatic rings. The molecule has 1 heterocycles. The Hall–Kier alpha value is -2.15. The molecule has 0 radical (unpaired) electrons. The summed E-state index contributed by atoms with van der Waals surface area (Å²) >= 11 is 0. The average Bonchev–Trinajstić information content (AvgIpc) is 2.74. The highest BCUT2D eigenvalue weighted by Gasteiger charge is 2.22. The van der Waals surface area contributed by atoms with Gasteiger partial charge in [0.05, 0.1) is 17.6 Å². The van der Waals surface area contributed by atoms with E-state index in [9.17, 15) is 14.9 Å². The molecule has 0 aromatic heterocycles. The first-order valence-electron chi connectivity index (χ1n) is 6.46. The van der Waals surface area contributed by atoms with Crippen molar-refractivity contribution in [3.63, 3.8) is 0 Å². The molecule has 0 unspecified atom stereocenters. The quantitative estimate of drug-likeness (QED) is 0.508. The van der Waals surface area contributed by atoms with E-state index in [1.165, 1.54) is 25.3 Å². The predicted octanol–water partition coefficient (Wildman–Crippen LogP) is 1.18. The minimum absolute atomic E-state index is 0.0135. The zero-order valence-electron chi connectivity index (χ0n) is 11.3. The Kier molecular flexibility index (Phi) is 4.52. The fourth-order valence-electron chi connectivity index (χ4n) is 2.26. The van der Waals surface area contributed by atoms with Crippen LogP contribution in [-0.4, -0.2) is 44.2 Å². The van der Waals surface area contributed by atoms with Gasteiger partial charge in [-0.2, -0.15) is 0 Å². The van der Waals surface area contributed by atoms with E-state index in [1.54, 1.807) is 0 Å². The molecule has 0 spiro atoms. The Morgan fingerprint density at radius 1 is 1.40 bits per heavy atom. The minimum Gasteiger partial charge on any atom is -0.465 e. The molecule has 0 atom stereocenters. The molecule has 0 saturated carbocycles. The number of rotatable bonds is 3. The summed E-state index contributed by atoms with van der Waals surface area (Å²) in [6.45, 7) is 3.05. The lowest BCUT2D eigenvalue weighted by atomic mass is 10.1. The molecule has 7 nitrogen and oxygen atoms in total. The number of benzene rings is 1. The summed E-state index contributed by atoms with van der Waals surface area (Å²) in [7, 11) is 1.29. The van der Waals surface area contributed by atoms with E-state index in [-0.39, 0.29) is 5.69 Å². The molecule has 0 aliphatic carbocycles. The van der Waals surface area contributed by atoms with Crippen molar-refractivity contribution in [1.82, 2.24) is 5.32 Å². The largest absolute Gasteiger partial charge is 0.465 e. The number of nitro groups is 1. The van der Waals surface area contributed by atoms with Gasteiger partial charge in [0.2, 0.25) is 0 Å². The Morgan fingerprint density at radius 3 is 2.90 bits per heavy atom. The smallest absolute Gasteiger partial charge is 0.337 e. The van der Waals surface area contributed by atoms with Crippen LogP contribution in [0.5, 0.6) is 0 Å². The summed E-state index contributed by atoms with van der Waals surface area (Å²) in [6, 6.07) is 4.32. The van der Waals surface area contributed by atoms with Crippen molar-refractivity contribution >= 4 is 17.3 Å². The van der Waals surface area contributed by atoms with Gasteiger partial charge in [-0.25, -0.2) is 4.79 Å². The number of hydrogen-bond acceptors (Lipinski definition) is 6.